The Balaban J connectivity index is 1.80. The second kappa shape index (κ2) is 5.53. The number of likely N-dealkylation sites (tertiary alicyclic amines) is 1. The van der Waals surface area contributed by atoms with Crippen molar-refractivity contribution < 1.29 is 0 Å². The monoisotopic (exact) mass is 277 g/mol. The smallest absolute Gasteiger partial charge is 0.0457 e. The molecule has 0 saturated carbocycles. The number of nitrogens with two attached hydrogens (primary N) is 1. The summed E-state index contributed by atoms with van der Waals surface area (Å²) in [5.74, 6) is 0.640. The van der Waals surface area contributed by atoms with E-state index in [0.717, 1.165) is 31.2 Å². The number of H-pyrrole nitrogens is 1. The molecule has 2 heterocycles. The Labute approximate surface area is 118 Å². The summed E-state index contributed by atoms with van der Waals surface area (Å²) in [5.41, 5.74) is 8.22. The summed E-state index contributed by atoms with van der Waals surface area (Å²) < 4.78 is 0. The largest absolute Gasteiger partial charge is 0.361 e. The normalized spacial score (nSPS) is 18.2. The van der Waals surface area contributed by atoms with Crippen molar-refractivity contribution in [1.82, 2.24) is 9.88 Å². The van der Waals surface area contributed by atoms with Crippen LogP contribution in [0.25, 0.3) is 10.9 Å². The Morgan fingerprint density at radius 1 is 1.32 bits per heavy atom. The zero-order valence-corrected chi connectivity index (χ0v) is 11.8. The molecule has 1 aromatic carbocycles. The number of aromatic nitrogens is 1. The fourth-order valence-electron chi connectivity index (χ4n) is 3.10. The van der Waals surface area contributed by atoms with Gasteiger partial charge in [0.15, 0.2) is 0 Å². The number of nitrogens with zero attached hydrogens (tertiary/aromatic N) is 1. The molecule has 0 aliphatic carbocycles. The second-order valence-corrected chi connectivity index (χ2v) is 5.77. The van der Waals surface area contributed by atoms with Gasteiger partial charge in [-0.3, -0.25) is 0 Å². The predicted octanol–water partition coefficient (Wildman–Crippen LogP) is 2.96. The third-order valence-electron chi connectivity index (χ3n) is 4.15. The van der Waals surface area contributed by atoms with Crippen LogP contribution in [0.5, 0.6) is 0 Å². The molecule has 1 aliphatic rings. The highest BCUT2D eigenvalue weighted by Crippen LogP contribution is 2.34. The van der Waals surface area contributed by atoms with Gasteiger partial charge in [0.05, 0.1) is 0 Å². The molecule has 0 radical (unpaired) electrons. The molecule has 0 spiro atoms. The summed E-state index contributed by atoms with van der Waals surface area (Å²) in [6, 6.07) is 6.08. The highest BCUT2D eigenvalue weighted by atomic mass is 35.5. The van der Waals surface area contributed by atoms with Gasteiger partial charge in [-0.25, -0.2) is 0 Å². The molecule has 3 nitrogen and oxygen atoms in total. The van der Waals surface area contributed by atoms with Crippen LogP contribution in [0.2, 0.25) is 5.02 Å². The molecular formula is C15H20ClN3. The maximum atomic E-state index is 6.11. The van der Waals surface area contributed by atoms with Crippen molar-refractivity contribution in [3.8, 4) is 0 Å². The number of hydrogen-bond acceptors (Lipinski definition) is 2. The first-order valence-corrected chi connectivity index (χ1v) is 7.34. The van der Waals surface area contributed by atoms with Crippen LogP contribution in [-0.2, 0) is 0 Å². The first-order chi connectivity index (χ1) is 9.28. The predicted molar refractivity (Wildman–Crippen MR) is 80.8 cm³/mol. The third-order valence-corrected chi connectivity index (χ3v) is 4.38. The molecule has 0 bridgehead atoms. The van der Waals surface area contributed by atoms with E-state index < -0.39 is 0 Å². The zero-order chi connectivity index (χ0) is 13.2. The van der Waals surface area contributed by atoms with Gasteiger partial charge in [-0.15, -0.1) is 0 Å². The number of benzene rings is 1. The lowest BCUT2D eigenvalue weighted by molar-refractivity contribution is 0.218. The summed E-state index contributed by atoms with van der Waals surface area (Å²) in [5, 5.41) is 2.10. The van der Waals surface area contributed by atoms with E-state index in [1.165, 1.54) is 29.3 Å². The minimum atomic E-state index is 0.640. The van der Waals surface area contributed by atoms with E-state index in [0.29, 0.717) is 5.92 Å². The number of fused-ring (bicyclic) bond motifs is 1. The number of rotatable bonds is 3. The van der Waals surface area contributed by atoms with E-state index >= 15 is 0 Å². The van der Waals surface area contributed by atoms with Crippen LogP contribution in [0.15, 0.2) is 24.4 Å². The van der Waals surface area contributed by atoms with Crippen molar-refractivity contribution in [2.24, 2.45) is 5.73 Å². The standard InChI is InChI=1S/C15H20ClN3/c16-12-1-2-15-13(9-12)14(10-18-15)11-3-6-19(7-4-11)8-5-17/h1-2,9-11,18H,3-8,17H2. The van der Waals surface area contributed by atoms with E-state index in [-0.39, 0.29) is 0 Å². The molecule has 3 rings (SSSR count). The van der Waals surface area contributed by atoms with Crippen molar-refractivity contribution in [3.63, 3.8) is 0 Å². The minimum Gasteiger partial charge on any atom is -0.361 e. The van der Waals surface area contributed by atoms with E-state index in [2.05, 4.69) is 28.2 Å². The van der Waals surface area contributed by atoms with Crippen LogP contribution in [-0.4, -0.2) is 36.1 Å². The van der Waals surface area contributed by atoms with Crippen LogP contribution < -0.4 is 5.73 Å². The molecule has 102 valence electrons. The summed E-state index contributed by atoms with van der Waals surface area (Å²) >= 11 is 6.11. The Morgan fingerprint density at radius 3 is 2.84 bits per heavy atom. The SMILES string of the molecule is NCCN1CCC(c2c[nH]c3ccc(Cl)cc23)CC1. The molecule has 1 aromatic heterocycles. The van der Waals surface area contributed by atoms with Crippen molar-refractivity contribution in [3.05, 3.63) is 35.0 Å². The zero-order valence-electron chi connectivity index (χ0n) is 11.0. The maximum Gasteiger partial charge on any atom is 0.0457 e. The summed E-state index contributed by atoms with van der Waals surface area (Å²) in [6.45, 7) is 4.07. The molecule has 0 unspecified atom stereocenters. The number of nitrogens with one attached hydrogen (secondary N) is 1. The Kier molecular flexibility index (Phi) is 3.78. The number of halogens is 1. The molecular weight excluding hydrogens is 258 g/mol. The average molecular weight is 278 g/mol. The van der Waals surface area contributed by atoms with Gasteiger partial charge in [-0.1, -0.05) is 11.6 Å². The fourth-order valence-corrected chi connectivity index (χ4v) is 3.27. The van der Waals surface area contributed by atoms with E-state index in [1.54, 1.807) is 0 Å². The van der Waals surface area contributed by atoms with E-state index in [9.17, 15) is 0 Å². The second-order valence-electron chi connectivity index (χ2n) is 5.34. The first-order valence-electron chi connectivity index (χ1n) is 6.97. The van der Waals surface area contributed by atoms with Crippen molar-refractivity contribution >= 4 is 22.5 Å². The molecule has 0 amide bonds. The Morgan fingerprint density at radius 2 is 2.11 bits per heavy atom. The fraction of sp³-hybridized carbons (Fsp3) is 0.467. The quantitative estimate of drug-likeness (QED) is 0.906. The lowest BCUT2D eigenvalue weighted by Gasteiger charge is -2.31. The summed E-state index contributed by atoms with van der Waals surface area (Å²) in [4.78, 5) is 5.81. The van der Waals surface area contributed by atoms with E-state index in [4.69, 9.17) is 17.3 Å². The molecule has 2 aromatic rings. The highest BCUT2D eigenvalue weighted by molar-refractivity contribution is 6.31. The van der Waals surface area contributed by atoms with Crippen LogP contribution in [0, 0.1) is 0 Å². The molecule has 3 N–H and O–H groups in total. The Bertz CT molecular complexity index is 556. The van der Waals surface area contributed by atoms with Crippen molar-refractivity contribution in [2.45, 2.75) is 18.8 Å². The van der Waals surface area contributed by atoms with Crippen LogP contribution in [0.3, 0.4) is 0 Å². The molecule has 1 saturated heterocycles. The van der Waals surface area contributed by atoms with Gasteiger partial charge in [0.25, 0.3) is 0 Å². The van der Waals surface area contributed by atoms with Crippen LogP contribution in [0.1, 0.15) is 24.3 Å². The van der Waals surface area contributed by atoms with Crippen LogP contribution in [0.4, 0.5) is 0 Å². The molecule has 0 atom stereocenters. The highest BCUT2D eigenvalue weighted by Gasteiger charge is 2.22. The average Bonchev–Trinajstić information content (AvgIpc) is 2.83. The summed E-state index contributed by atoms with van der Waals surface area (Å²) in [7, 11) is 0. The van der Waals surface area contributed by atoms with Gasteiger partial charge in [-0.05, 0) is 55.6 Å². The van der Waals surface area contributed by atoms with Gasteiger partial charge in [-0.2, -0.15) is 0 Å². The summed E-state index contributed by atoms with van der Waals surface area (Å²) in [6.07, 6.45) is 4.57. The number of piperidine rings is 1. The first kappa shape index (κ1) is 13.0. The lowest BCUT2D eigenvalue weighted by Crippen LogP contribution is -2.36. The van der Waals surface area contributed by atoms with Gasteiger partial charge < -0.3 is 15.6 Å². The van der Waals surface area contributed by atoms with Crippen molar-refractivity contribution in [1.29, 1.82) is 0 Å². The Hall–Kier alpha value is -1.03. The van der Waals surface area contributed by atoms with Gasteiger partial charge in [0.2, 0.25) is 0 Å². The third kappa shape index (κ3) is 2.64. The molecule has 4 heteroatoms. The molecule has 19 heavy (non-hydrogen) atoms. The topological polar surface area (TPSA) is 45.0 Å². The van der Waals surface area contributed by atoms with Crippen molar-refractivity contribution in [2.75, 3.05) is 26.2 Å². The lowest BCUT2D eigenvalue weighted by atomic mass is 9.89. The number of aromatic amines is 1. The van der Waals surface area contributed by atoms with Crippen LogP contribution >= 0.6 is 11.6 Å². The van der Waals surface area contributed by atoms with Gasteiger partial charge in [0.1, 0.15) is 0 Å². The minimum absolute atomic E-state index is 0.640. The number of hydrogen-bond donors (Lipinski definition) is 2. The molecule has 1 aliphatic heterocycles. The van der Waals surface area contributed by atoms with E-state index in [1.807, 2.05) is 6.07 Å². The molecule has 1 fully saturated rings. The van der Waals surface area contributed by atoms with Gasteiger partial charge in [0, 0.05) is 35.2 Å². The maximum absolute atomic E-state index is 6.11. The van der Waals surface area contributed by atoms with Gasteiger partial charge >= 0.3 is 0 Å².